The maximum Gasteiger partial charge on any atom is 0.194 e. The first-order valence-electron chi connectivity index (χ1n) is 7.63. The number of rotatable bonds is 4. The second-order valence-electron chi connectivity index (χ2n) is 7.21. The third kappa shape index (κ3) is 2.66. The molecule has 0 spiro atoms. The van der Waals surface area contributed by atoms with E-state index in [9.17, 15) is 5.26 Å². The first-order chi connectivity index (χ1) is 9.28. The van der Waals surface area contributed by atoms with Gasteiger partial charge in [-0.15, -0.1) is 0 Å². The average molecular weight is 316 g/mol. The minimum absolute atomic E-state index is 0.261. The van der Waals surface area contributed by atoms with Crippen molar-refractivity contribution in [3.63, 3.8) is 0 Å². The normalized spacial score (nSPS) is 39.1. The average Bonchev–Trinajstić information content (AvgIpc) is 2.41. The number of nitrogens with zero attached hydrogens (tertiary/aromatic N) is 1. The zero-order valence-corrected chi connectivity index (χ0v) is 14.8. The molecule has 2 saturated carbocycles. The van der Waals surface area contributed by atoms with Crippen molar-refractivity contribution in [1.82, 2.24) is 0 Å². The maximum absolute atomic E-state index is 9.50. The Morgan fingerprint density at radius 3 is 2.25 bits per heavy atom. The molecule has 2 rings (SSSR count). The van der Waals surface area contributed by atoms with Gasteiger partial charge in [-0.1, -0.05) is 30.9 Å². The predicted octanol–water partition coefficient (Wildman–Crippen LogP) is 4.28. The van der Waals surface area contributed by atoms with Gasteiger partial charge in [0.25, 0.3) is 0 Å². The summed E-state index contributed by atoms with van der Waals surface area (Å²) in [6, 6.07) is 2.25. The topological polar surface area (TPSA) is 42.2 Å². The second kappa shape index (κ2) is 5.60. The van der Waals surface area contributed by atoms with E-state index in [-0.39, 0.29) is 5.92 Å². The summed E-state index contributed by atoms with van der Waals surface area (Å²) in [5.74, 6) is -0.0626. The molecule has 0 aromatic carbocycles. The zero-order chi connectivity index (χ0) is 15.0. The van der Waals surface area contributed by atoms with Gasteiger partial charge in [0.1, 0.15) is 0 Å². The van der Waals surface area contributed by atoms with Gasteiger partial charge in [0.15, 0.2) is 19.0 Å². The van der Waals surface area contributed by atoms with Crippen LogP contribution in [0.3, 0.4) is 0 Å². The molecule has 0 amide bonds. The number of ether oxygens (including phenoxy) is 1. The quantitative estimate of drug-likeness (QED) is 0.442. The van der Waals surface area contributed by atoms with Crippen molar-refractivity contribution in [3.05, 3.63) is 0 Å². The summed E-state index contributed by atoms with van der Waals surface area (Å²) in [6.45, 7) is 6.37. The van der Waals surface area contributed by atoms with Crippen molar-refractivity contribution in [2.45, 2.75) is 68.8 Å². The molecule has 2 aliphatic carbocycles. The van der Waals surface area contributed by atoms with E-state index in [2.05, 4.69) is 25.7 Å². The van der Waals surface area contributed by atoms with Crippen LogP contribution in [-0.4, -0.2) is 26.1 Å². The molecule has 0 aliphatic heterocycles. The Balaban J connectivity index is 2.26. The van der Waals surface area contributed by atoms with Gasteiger partial charge in [0, 0.05) is 13.0 Å². The van der Waals surface area contributed by atoms with Crippen LogP contribution in [0.15, 0.2) is 0 Å². The fourth-order valence-corrected chi connectivity index (χ4v) is 5.65. The SMILES string of the molecule is COC1(O[Si](C)(C)C)C(C2CCCCC2)CC1(Cl)C#N. The Morgan fingerprint density at radius 2 is 1.80 bits per heavy atom. The Kier molecular flexibility index (Phi) is 4.56. The second-order valence-corrected chi connectivity index (χ2v) is 12.3. The molecule has 114 valence electrons. The fourth-order valence-electron chi connectivity index (χ4n) is 3.85. The Hall–Kier alpha value is -0.0831. The molecule has 0 saturated heterocycles. The van der Waals surface area contributed by atoms with Gasteiger partial charge in [-0.25, -0.2) is 0 Å². The molecule has 3 unspecified atom stereocenters. The highest BCUT2D eigenvalue weighted by molar-refractivity contribution is 6.69. The van der Waals surface area contributed by atoms with Crippen molar-refractivity contribution < 1.29 is 9.16 Å². The molecule has 0 radical (unpaired) electrons. The Labute approximate surface area is 128 Å². The molecular formula is C15H26ClNO2Si. The third-order valence-electron chi connectivity index (χ3n) is 4.70. The van der Waals surface area contributed by atoms with E-state index >= 15 is 0 Å². The molecule has 3 atom stereocenters. The van der Waals surface area contributed by atoms with E-state index in [0.717, 1.165) is 0 Å². The zero-order valence-electron chi connectivity index (χ0n) is 13.0. The minimum atomic E-state index is -1.85. The number of hydrogen-bond acceptors (Lipinski definition) is 3. The molecule has 0 bridgehead atoms. The van der Waals surface area contributed by atoms with Gasteiger partial charge in [-0.2, -0.15) is 5.26 Å². The maximum atomic E-state index is 9.50. The van der Waals surface area contributed by atoms with E-state index in [1.54, 1.807) is 7.11 Å². The lowest BCUT2D eigenvalue weighted by Crippen LogP contribution is -2.72. The van der Waals surface area contributed by atoms with Gasteiger partial charge < -0.3 is 9.16 Å². The van der Waals surface area contributed by atoms with Gasteiger partial charge >= 0.3 is 0 Å². The van der Waals surface area contributed by atoms with Crippen molar-refractivity contribution in [1.29, 1.82) is 5.26 Å². The van der Waals surface area contributed by atoms with Crippen LogP contribution in [0.1, 0.15) is 38.5 Å². The highest BCUT2D eigenvalue weighted by atomic mass is 35.5. The molecule has 0 aromatic heterocycles. The summed E-state index contributed by atoms with van der Waals surface area (Å²) < 4.78 is 12.1. The van der Waals surface area contributed by atoms with Crippen molar-refractivity contribution in [3.8, 4) is 6.07 Å². The lowest BCUT2D eigenvalue weighted by Gasteiger charge is -2.60. The van der Waals surface area contributed by atoms with Crippen LogP contribution >= 0.6 is 11.6 Å². The van der Waals surface area contributed by atoms with Gasteiger partial charge in [0.05, 0.1) is 6.07 Å². The Bertz CT molecular complexity index is 400. The van der Waals surface area contributed by atoms with E-state index < -0.39 is 19.0 Å². The Morgan fingerprint density at radius 1 is 1.20 bits per heavy atom. The summed E-state index contributed by atoms with van der Waals surface area (Å²) >= 11 is 6.55. The van der Waals surface area contributed by atoms with E-state index in [4.69, 9.17) is 20.8 Å². The number of nitriles is 1. The number of hydrogen-bond donors (Lipinski definition) is 0. The first-order valence-corrected chi connectivity index (χ1v) is 11.4. The third-order valence-corrected chi connectivity index (χ3v) is 6.12. The summed E-state index contributed by atoms with van der Waals surface area (Å²) in [6.07, 6.45) is 6.98. The first kappa shape index (κ1) is 16.3. The van der Waals surface area contributed by atoms with Crippen molar-refractivity contribution in [2.75, 3.05) is 7.11 Å². The molecule has 0 aromatic rings. The van der Waals surface area contributed by atoms with Crippen LogP contribution < -0.4 is 0 Å². The summed E-state index contributed by atoms with van der Waals surface area (Å²) in [4.78, 5) is -1.02. The highest BCUT2D eigenvalue weighted by Gasteiger charge is 2.70. The van der Waals surface area contributed by atoms with Crippen LogP contribution in [0.25, 0.3) is 0 Å². The van der Waals surface area contributed by atoms with Crippen molar-refractivity contribution in [2.24, 2.45) is 11.8 Å². The molecule has 0 N–H and O–H groups in total. The lowest BCUT2D eigenvalue weighted by molar-refractivity contribution is -0.285. The molecule has 20 heavy (non-hydrogen) atoms. The van der Waals surface area contributed by atoms with Crippen LogP contribution in [0.5, 0.6) is 0 Å². The lowest BCUT2D eigenvalue weighted by atomic mass is 9.60. The number of halogens is 1. The van der Waals surface area contributed by atoms with Crippen LogP contribution in [0.2, 0.25) is 19.6 Å². The van der Waals surface area contributed by atoms with E-state index in [0.29, 0.717) is 12.3 Å². The highest BCUT2D eigenvalue weighted by Crippen LogP contribution is 2.60. The van der Waals surface area contributed by atoms with Gasteiger partial charge in [-0.3, -0.25) is 0 Å². The standard InChI is InChI=1S/C15H26ClNO2Si/c1-18-15(19-20(2,3)4)13(10-14(15,16)11-17)12-8-6-5-7-9-12/h12-13H,5-10H2,1-4H3. The molecule has 2 aliphatic rings. The smallest absolute Gasteiger partial charge is 0.194 e. The molecular weight excluding hydrogens is 290 g/mol. The van der Waals surface area contributed by atoms with Crippen LogP contribution in [0.4, 0.5) is 0 Å². The largest absolute Gasteiger partial charge is 0.388 e. The van der Waals surface area contributed by atoms with E-state index in [1.165, 1.54) is 32.1 Å². The monoisotopic (exact) mass is 315 g/mol. The molecule has 2 fully saturated rings. The summed E-state index contributed by atoms with van der Waals surface area (Å²) in [7, 11) is -0.212. The number of methoxy groups -OCH3 is 1. The fraction of sp³-hybridized carbons (Fsp3) is 0.933. The predicted molar refractivity (Wildman–Crippen MR) is 83.1 cm³/mol. The molecule has 0 heterocycles. The van der Waals surface area contributed by atoms with Crippen molar-refractivity contribution >= 4 is 19.9 Å². The van der Waals surface area contributed by atoms with E-state index in [1.807, 2.05) is 0 Å². The minimum Gasteiger partial charge on any atom is -0.388 e. The summed E-state index contributed by atoms with van der Waals surface area (Å²) in [5.41, 5.74) is 0. The van der Waals surface area contributed by atoms with Crippen LogP contribution in [0, 0.1) is 23.2 Å². The molecule has 5 heteroatoms. The van der Waals surface area contributed by atoms with Gasteiger partial charge in [0.2, 0.25) is 0 Å². The summed E-state index contributed by atoms with van der Waals surface area (Å²) in [5, 5.41) is 9.50. The number of alkyl halides is 1. The van der Waals surface area contributed by atoms with Crippen LogP contribution in [-0.2, 0) is 9.16 Å². The molecule has 3 nitrogen and oxygen atoms in total. The van der Waals surface area contributed by atoms with Gasteiger partial charge in [-0.05, 0) is 44.8 Å².